The molecule has 132 valence electrons. The molecule has 6 heteroatoms. The first-order valence-corrected chi connectivity index (χ1v) is 7.95. The smallest absolute Gasteiger partial charge is 0.244 e. The fourth-order valence-corrected chi connectivity index (χ4v) is 2.56. The molecule has 0 unspecified atom stereocenters. The van der Waals surface area contributed by atoms with Gasteiger partial charge in [-0.2, -0.15) is 0 Å². The van der Waals surface area contributed by atoms with Crippen LogP contribution in [0, 0.1) is 18.6 Å². The normalized spacial score (nSPS) is 10.4. The molecule has 1 N–H and O–H groups in total. The molecule has 2 aromatic rings. The first kappa shape index (κ1) is 18.6. The summed E-state index contributed by atoms with van der Waals surface area (Å²) in [6.45, 7) is 4.83. The van der Waals surface area contributed by atoms with Gasteiger partial charge in [0.1, 0.15) is 6.54 Å². The molecule has 0 aliphatic heterocycles. The molecule has 0 heterocycles. The van der Waals surface area contributed by atoms with Crippen molar-refractivity contribution < 1.29 is 18.4 Å². The van der Waals surface area contributed by atoms with E-state index >= 15 is 0 Å². The number of carbonyl (C=O) groups excluding carboxylic acids is 2. The van der Waals surface area contributed by atoms with Crippen LogP contribution in [-0.2, 0) is 16.0 Å². The molecule has 0 fully saturated rings. The van der Waals surface area contributed by atoms with Gasteiger partial charge in [-0.25, -0.2) is 8.78 Å². The lowest BCUT2D eigenvalue weighted by Crippen LogP contribution is -2.37. The Balaban J connectivity index is 2.22. The van der Waals surface area contributed by atoms with Crippen molar-refractivity contribution in [1.29, 1.82) is 0 Å². The highest BCUT2D eigenvalue weighted by Crippen LogP contribution is 2.22. The number of halogens is 2. The predicted octanol–water partition coefficient (Wildman–Crippen LogP) is 3.83. The van der Waals surface area contributed by atoms with Crippen LogP contribution < -0.4 is 10.2 Å². The number of amides is 2. The molecule has 4 nitrogen and oxygen atoms in total. The zero-order valence-corrected chi connectivity index (χ0v) is 14.4. The summed E-state index contributed by atoms with van der Waals surface area (Å²) in [4.78, 5) is 25.3. The van der Waals surface area contributed by atoms with Crippen molar-refractivity contribution in [3.8, 4) is 0 Å². The lowest BCUT2D eigenvalue weighted by atomic mass is 10.1. The van der Waals surface area contributed by atoms with E-state index in [9.17, 15) is 18.4 Å². The van der Waals surface area contributed by atoms with E-state index in [1.165, 1.54) is 13.0 Å². The van der Waals surface area contributed by atoms with Crippen molar-refractivity contribution in [3.05, 3.63) is 59.2 Å². The van der Waals surface area contributed by atoms with Crippen LogP contribution in [0.1, 0.15) is 25.0 Å². The van der Waals surface area contributed by atoms with Crippen LogP contribution in [0.4, 0.5) is 20.2 Å². The van der Waals surface area contributed by atoms with Gasteiger partial charge in [0, 0.05) is 24.4 Å². The lowest BCUT2D eigenvalue weighted by molar-refractivity contribution is -0.120. The molecule has 0 aliphatic rings. The molecule has 0 aromatic heterocycles. The van der Waals surface area contributed by atoms with Crippen LogP contribution in [0.5, 0.6) is 0 Å². The van der Waals surface area contributed by atoms with Gasteiger partial charge in [0.25, 0.3) is 0 Å². The minimum atomic E-state index is -1.07. The Kier molecular flexibility index (Phi) is 5.85. The first-order chi connectivity index (χ1) is 11.8. The quantitative estimate of drug-likeness (QED) is 0.894. The van der Waals surface area contributed by atoms with Crippen molar-refractivity contribution in [2.45, 2.75) is 27.2 Å². The predicted molar refractivity (Wildman–Crippen MR) is 93.6 cm³/mol. The second-order valence-electron chi connectivity index (χ2n) is 5.71. The van der Waals surface area contributed by atoms with Crippen molar-refractivity contribution in [1.82, 2.24) is 0 Å². The highest BCUT2D eigenvalue weighted by atomic mass is 19.2. The Labute approximate surface area is 145 Å². The van der Waals surface area contributed by atoms with E-state index in [0.29, 0.717) is 5.69 Å². The van der Waals surface area contributed by atoms with E-state index < -0.39 is 23.4 Å². The fraction of sp³-hybridized carbons (Fsp3) is 0.263. The summed E-state index contributed by atoms with van der Waals surface area (Å²) >= 11 is 0. The highest BCUT2D eigenvalue weighted by Gasteiger charge is 2.18. The molecule has 0 radical (unpaired) electrons. The largest absolute Gasteiger partial charge is 0.324 e. The summed E-state index contributed by atoms with van der Waals surface area (Å²) in [5.74, 6) is -2.94. The number of hydrogen-bond donors (Lipinski definition) is 1. The third-order valence-electron chi connectivity index (χ3n) is 3.90. The van der Waals surface area contributed by atoms with Crippen molar-refractivity contribution >= 4 is 23.2 Å². The number of nitrogens with one attached hydrogen (secondary N) is 1. The molecule has 2 aromatic carbocycles. The molecule has 25 heavy (non-hydrogen) atoms. The Morgan fingerprint density at radius 3 is 2.44 bits per heavy atom. The van der Waals surface area contributed by atoms with Crippen LogP contribution in [0.25, 0.3) is 0 Å². The first-order valence-electron chi connectivity index (χ1n) is 7.95. The van der Waals surface area contributed by atoms with Gasteiger partial charge < -0.3 is 10.2 Å². The van der Waals surface area contributed by atoms with Crippen molar-refractivity contribution in [2.24, 2.45) is 0 Å². The van der Waals surface area contributed by atoms with Crippen LogP contribution in [0.3, 0.4) is 0 Å². The average molecular weight is 346 g/mol. The third-order valence-corrected chi connectivity index (χ3v) is 3.90. The van der Waals surface area contributed by atoms with Gasteiger partial charge in [-0.15, -0.1) is 0 Å². The van der Waals surface area contributed by atoms with Crippen molar-refractivity contribution in [2.75, 3.05) is 16.8 Å². The number of para-hydroxylation sites is 1. The topological polar surface area (TPSA) is 49.4 Å². The molecule has 2 rings (SSSR count). The van der Waals surface area contributed by atoms with Crippen molar-refractivity contribution in [3.63, 3.8) is 0 Å². The molecule has 2 amide bonds. The maximum Gasteiger partial charge on any atom is 0.244 e. The second kappa shape index (κ2) is 7.88. The van der Waals surface area contributed by atoms with Gasteiger partial charge in [-0.05, 0) is 36.6 Å². The minimum absolute atomic E-state index is 0.127. The van der Waals surface area contributed by atoms with Gasteiger partial charge in [-0.1, -0.05) is 25.1 Å². The van der Waals surface area contributed by atoms with Gasteiger partial charge in [0.2, 0.25) is 11.8 Å². The lowest BCUT2D eigenvalue weighted by Gasteiger charge is -2.21. The Hall–Kier alpha value is -2.76. The molecule has 0 bridgehead atoms. The molecule has 0 saturated carbocycles. The number of nitrogens with zero attached hydrogens (tertiary/aromatic N) is 1. The second-order valence-corrected chi connectivity index (χ2v) is 5.71. The maximum atomic E-state index is 13.4. The number of aryl methyl sites for hydroxylation is 2. The summed E-state index contributed by atoms with van der Waals surface area (Å²) in [7, 11) is 0. The monoisotopic (exact) mass is 346 g/mol. The van der Waals surface area contributed by atoms with Crippen LogP contribution in [0.15, 0.2) is 36.4 Å². The van der Waals surface area contributed by atoms with Gasteiger partial charge in [0.15, 0.2) is 11.6 Å². The number of rotatable bonds is 5. The van der Waals surface area contributed by atoms with Gasteiger partial charge in [-0.3, -0.25) is 9.59 Å². The maximum absolute atomic E-state index is 13.4. The van der Waals surface area contributed by atoms with Crippen LogP contribution >= 0.6 is 0 Å². The average Bonchev–Trinajstić information content (AvgIpc) is 2.57. The number of hydrogen-bond acceptors (Lipinski definition) is 2. The van der Waals surface area contributed by atoms with E-state index in [1.807, 2.05) is 32.0 Å². The molecular weight excluding hydrogens is 326 g/mol. The zero-order valence-electron chi connectivity index (χ0n) is 14.4. The molecular formula is C19H20F2N2O2. The highest BCUT2D eigenvalue weighted by molar-refractivity contribution is 6.02. The van der Waals surface area contributed by atoms with E-state index in [1.54, 1.807) is 0 Å². The SMILES string of the molecule is CCc1cccc(C)c1NC(=O)CN(C(C)=O)c1ccc(F)c(F)c1. The number of carbonyl (C=O) groups is 2. The molecule has 0 atom stereocenters. The Morgan fingerprint density at radius 1 is 1.12 bits per heavy atom. The third kappa shape index (κ3) is 4.41. The molecule has 0 aliphatic carbocycles. The standard InChI is InChI=1S/C19H20F2N2O2/c1-4-14-7-5-6-12(2)19(14)22-18(25)11-23(13(3)24)15-8-9-16(20)17(21)10-15/h5-10H,4,11H2,1-3H3,(H,22,25). The summed E-state index contributed by atoms with van der Waals surface area (Å²) in [5, 5.41) is 2.81. The summed E-state index contributed by atoms with van der Waals surface area (Å²) in [6, 6.07) is 8.79. The molecule has 0 saturated heterocycles. The van der Waals surface area contributed by atoms with E-state index in [-0.39, 0.29) is 12.2 Å². The number of benzene rings is 2. The zero-order chi connectivity index (χ0) is 18.6. The Morgan fingerprint density at radius 2 is 1.84 bits per heavy atom. The Bertz CT molecular complexity index is 806. The van der Waals surface area contributed by atoms with Crippen LogP contribution in [-0.4, -0.2) is 18.4 Å². The van der Waals surface area contributed by atoms with Crippen LogP contribution in [0.2, 0.25) is 0 Å². The summed E-state index contributed by atoms with van der Waals surface area (Å²) in [5.41, 5.74) is 2.73. The van der Waals surface area contributed by atoms with E-state index in [0.717, 1.165) is 34.6 Å². The number of anilines is 2. The van der Waals surface area contributed by atoms with E-state index in [2.05, 4.69) is 5.32 Å². The molecule has 0 spiro atoms. The minimum Gasteiger partial charge on any atom is -0.324 e. The van der Waals surface area contributed by atoms with Gasteiger partial charge in [0.05, 0.1) is 0 Å². The fourth-order valence-electron chi connectivity index (χ4n) is 2.56. The summed E-state index contributed by atoms with van der Waals surface area (Å²) < 4.78 is 26.5. The van der Waals surface area contributed by atoms with E-state index in [4.69, 9.17) is 0 Å². The summed E-state index contributed by atoms with van der Waals surface area (Å²) in [6.07, 6.45) is 0.747. The van der Waals surface area contributed by atoms with Gasteiger partial charge >= 0.3 is 0 Å².